The van der Waals surface area contributed by atoms with E-state index in [0.29, 0.717) is 12.1 Å². The summed E-state index contributed by atoms with van der Waals surface area (Å²) in [7, 11) is 0. The zero-order valence-corrected chi connectivity index (χ0v) is 12.2. The highest BCUT2D eigenvalue weighted by molar-refractivity contribution is 5.77. The second-order valence-electron chi connectivity index (χ2n) is 5.05. The summed E-state index contributed by atoms with van der Waals surface area (Å²) in [5.74, 6) is 0. The van der Waals surface area contributed by atoms with Gasteiger partial charge in [-0.05, 0) is 17.2 Å². The molecule has 2 heteroatoms. The van der Waals surface area contributed by atoms with Gasteiger partial charge >= 0.3 is 0 Å². The van der Waals surface area contributed by atoms with E-state index in [-0.39, 0.29) is 0 Å². The molecule has 0 spiro atoms. The van der Waals surface area contributed by atoms with Gasteiger partial charge in [0.05, 0.1) is 11.3 Å². The molecule has 0 atom stereocenters. The predicted molar refractivity (Wildman–Crippen MR) is 90.4 cm³/mol. The Balaban J connectivity index is 1.91. The summed E-state index contributed by atoms with van der Waals surface area (Å²) in [5.41, 5.74) is 4.76. The maximum Gasteiger partial charge on any atom is 0.102 e. The number of hydrogen-bond donors (Lipinski definition) is 1. The van der Waals surface area contributed by atoms with E-state index < -0.39 is 0 Å². The van der Waals surface area contributed by atoms with Crippen molar-refractivity contribution in [1.82, 2.24) is 0 Å². The summed E-state index contributed by atoms with van der Waals surface area (Å²) in [5, 5.41) is 12.9. The number of rotatable bonds is 4. The monoisotopic (exact) mass is 284 g/mol. The van der Waals surface area contributed by atoms with Crippen LogP contribution in [0.4, 0.5) is 5.69 Å². The standard InChI is InChI=1S/C20H16N2/c21-14-19-18(17-10-5-2-6-11-17)12-7-13-20(19)22-15-16-8-3-1-4-9-16/h1-13,22H,15H2. The summed E-state index contributed by atoms with van der Waals surface area (Å²) in [6, 6.07) is 28.4. The van der Waals surface area contributed by atoms with Crippen LogP contribution in [-0.4, -0.2) is 0 Å². The Kier molecular flexibility index (Phi) is 4.17. The molecular weight excluding hydrogens is 268 g/mol. The summed E-state index contributed by atoms with van der Waals surface area (Å²) in [6.45, 7) is 0.702. The molecule has 0 saturated carbocycles. The second-order valence-corrected chi connectivity index (χ2v) is 5.05. The molecule has 0 heterocycles. The molecule has 3 aromatic carbocycles. The van der Waals surface area contributed by atoms with Crippen LogP contribution in [-0.2, 0) is 6.54 Å². The van der Waals surface area contributed by atoms with E-state index in [0.717, 1.165) is 16.8 Å². The highest BCUT2D eigenvalue weighted by Gasteiger charge is 2.09. The topological polar surface area (TPSA) is 35.8 Å². The largest absolute Gasteiger partial charge is 0.380 e. The van der Waals surface area contributed by atoms with Crippen molar-refractivity contribution in [3.05, 3.63) is 90.0 Å². The molecule has 0 aromatic heterocycles. The first kappa shape index (κ1) is 13.9. The van der Waals surface area contributed by atoms with Crippen LogP contribution in [0.25, 0.3) is 11.1 Å². The molecule has 3 rings (SSSR count). The van der Waals surface area contributed by atoms with Gasteiger partial charge in [0, 0.05) is 12.1 Å². The molecule has 0 bridgehead atoms. The van der Waals surface area contributed by atoms with Gasteiger partial charge in [-0.2, -0.15) is 5.26 Å². The second kappa shape index (κ2) is 6.60. The van der Waals surface area contributed by atoms with Gasteiger partial charge in [-0.25, -0.2) is 0 Å². The van der Waals surface area contributed by atoms with Crippen molar-refractivity contribution < 1.29 is 0 Å². The van der Waals surface area contributed by atoms with E-state index in [1.54, 1.807) is 0 Å². The van der Waals surface area contributed by atoms with Crippen LogP contribution in [0.3, 0.4) is 0 Å². The third-order valence-electron chi connectivity index (χ3n) is 3.59. The fourth-order valence-corrected chi connectivity index (χ4v) is 2.47. The molecule has 22 heavy (non-hydrogen) atoms. The Hall–Kier alpha value is -3.05. The first-order chi connectivity index (χ1) is 10.9. The van der Waals surface area contributed by atoms with Gasteiger partial charge in [-0.3, -0.25) is 0 Å². The maximum atomic E-state index is 9.57. The molecule has 106 valence electrons. The Morgan fingerprint density at radius 3 is 2.14 bits per heavy atom. The molecule has 0 aliphatic carbocycles. The van der Waals surface area contributed by atoms with E-state index in [1.165, 1.54) is 5.56 Å². The smallest absolute Gasteiger partial charge is 0.102 e. The van der Waals surface area contributed by atoms with Crippen molar-refractivity contribution in [1.29, 1.82) is 5.26 Å². The van der Waals surface area contributed by atoms with Gasteiger partial charge in [0.25, 0.3) is 0 Å². The summed E-state index contributed by atoms with van der Waals surface area (Å²) in [4.78, 5) is 0. The van der Waals surface area contributed by atoms with Crippen LogP contribution in [0.2, 0.25) is 0 Å². The first-order valence-corrected chi connectivity index (χ1v) is 7.25. The zero-order valence-electron chi connectivity index (χ0n) is 12.2. The van der Waals surface area contributed by atoms with Gasteiger partial charge in [-0.15, -0.1) is 0 Å². The Morgan fingerprint density at radius 1 is 0.773 bits per heavy atom. The number of nitriles is 1. The van der Waals surface area contributed by atoms with Crippen molar-refractivity contribution >= 4 is 5.69 Å². The summed E-state index contributed by atoms with van der Waals surface area (Å²) in [6.07, 6.45) is 0. The Morgan fingerprint density at radius 2 is 1.45 bits per heavy atom. The molecule has 0 amide bonds. The van der Waals surface area contributed by atoms with Crippen LogP contribution in [0.15, 0.2) is 78.9 Å². The van der Waals surface area contributed by atoms with Crippen molar-refractivity contribution in [2.24, 2.45) is 0 Å². The van der Waals surface area contributed by atoms with Crippen LogP contribution in [0.5, 0.6) is 0 Å². The fourth-order valence-electron chi connectivity index (χ4n) is 2.47. The average Bonchev–Trinajstić information content (AvgIpc) is 2.61. The van der Waals surface area contributed by atoms with Crippen LogP contribution >= 0.6 is 0 Å². The van der Waals surface area contributed by atoms with E-state index in [2.05, 4.69) is 23.5 Å². The van der Waals surface area contributed by atoms with Crippen LogP contribution in [0, 0.1) is 11.3 Å². The number of hydrogen-bond acceptors (Lipinski definition) is 2. The summed E-state index contributed by atoms with van der Waals surface area (Å²) < 4.78 is 0. The Labute approximate surface area is 130 Å². The van der Waals surface area contributed by atoms with Gasteiger partial charge < -0.3 is 5.32 Å². The number of benzene rings is 3. The molecule has 0 fully saturated rings. The van der Waals surface area contributed by atoms with Gasteiger partial charge in [0.15, 0.2) is 0 Å². The minimum absolute atomic E-state index is 0.685. The predicted octanol–water partition coefficient (Wildman–Crippen LogP) is 4.84. The number of nitrogens with zero attached hydrogens (tertiary/aromatic N) is 1. The normalized spacial score (nSPS) is 9.95. The van der Waals surface area contributed by atoms with Crippen molar-refractivity contribution in [2.75, 3.05) is 5.32 Å². The molecule has 0 radical (unpaired) electrons. The molecule has 1 N–H and O–H groups in total. The minimum Gasteiger partial charge on any atom is -0.380 e. The van der Waals surface area contributed by atoms with E-state index in [1.807, 2.05) is 66.7 Å². The third kappa shape index (κ3) is 2.99. The molecule has 0 aliphatic rings. The van der Waals surface area contributed by atoms with Gasteiger partial charge in [0.1, 0.15) is 6.07 Å². The number of nitrogens with one attached hydrogen (secondary N) is 1. The lowest BCUT2D eigenvalue weighted by Crippen LogP contribution is -2.02. The first-order valence-electron chi connectivity index (χ1n) is 7.25. The quantitative estimate of drug-likeness (QED) is 0.744. The van der Waals surface area contributed by atoms with E-state index >= 15 is 0 Å². The molecule has 0 saturated heterocycles. The van der Waals surface area contributed by atoms with Gasteiger partial charge in [0.2, 0.25) is 0 Å². The molecule has 0 aliphatic heterocycles. The SMILES string of the molecule is N#Cc1c(NCc2ccccc2)cccc1-c1ccccc1. The van der Waals surface area contributed by atoms with Crippen molar-refractivity contribution in [3.63, 3.8) is 0 Å². The minimum atomic E-state index is 0.685. The van der Waals surface area contributed by atoms with E-state index in [9.17, 15) is 5.26 Å². The highest BCUT2D eigenvalue weighted by atomic mass is 14.9. The Bertz CT molecular complexity index is 787. The van der Waals surface area contributed by atoms with Gasteiger partial charge in [-0.1, -0.05) is 72.8 Å². The van der Waals surface area contributed by atoms with Crippen LogP contribution < -0.4 is 5.32 Å². The average molecular weight is 284 g/mol. The third-order valence-corrected chi connectivity index (χ3v) is 3.59. The van der Waals surface area contributed by atoms with Crippen molar-refractivity contribution in [2.45, 2.75) is 6.54 Å². The van der Waals surface area contributed by atoms with Crippen molar-refractivity contribution in [3.8, 4) is 17.2 Å². The molecule has 2 nitrogen and oxygen atoms in total. The van der Waals surface area contributed by atoms with E-state index in [4.69, 9.17) is 0 Å². The lowest BCUT2D eigenvalue weighted by atomic mass is 9.99. The lowest BCUT2D eigenvalue weighted by molar-refractivity contribution is 1.15. The molecule has 0 unspecified atom stereocenters. The molecule has 3 aromatic rings. The zero-order chi connectivity index (χ0) is 15.2. The van der Waals surface area contributed by atoms with Crippen LogP contribution in [0.1, 0.15) is 11.1 Å². The fraction of sp³-hybridized carbons (Fsp3) is 0.0500. The lowest BCUT2D eigenvalue weighted by Gasteiger charge is -2.12. The highest BCUT2D eigenvalue weighted by Crippen LogP contribution is 2.28. The molecular formula is C20H16N2. The maximum absolute atomic E-state index is 9.57. The number of anilines is 1. The summed E-state index contributed by atoms with van der Waals surface area (Å²) >= 11 is 0.